The average molecular weight is 541 g/mol. The van der Waals surface area contributed by atoms with Gasteiger partial charge in [-0.15, -0.1) is 0 Å². The highest BCUT2D eigenvalue weighted by Crippen LogP contribution is 2.41. The second kappa shape index (κ2) is 10.4. The van der Waals surface area contributed by atoms with Crippen LogP contribution in [0.2, 0.25) is 5.15 Å². The molecule has 3 fully saturated rings. The van der Waals surface area contributed by atoms with E-state index in [1.54, 1.807) is 29.3 Å². The van der Waals surface area contributed by atoms with E-state index in [-0.39, 0.29) is 34.2 Å². The van der Waals surface area contributed by atoms with Gasteiger partial charge in [0.2, 0.25) is 5.91 Å². The minimum Gasteiger partial charge on any atom is -0.347 e. The molecule has 8 nitrogen and oxygen atoms in total. The van der Waals surface area contributed by atoms with Gasteiger partial charge in [0.05, 0.1) is 22.3 Å². The van der Waals surface area contributed by atoms with Crippen LogP contribution in [0.1, 0.15) is 66.9 Å². The predicted molar refractivity (Wildman–Crippen MR) is 137 cm³/mol. The lowest BCUT2D eigenvalue weighted by Crippen LogP contribution is -2.52. The molecular weight excluding hydrogens is 512 g/mol. The van der Waals surface area contributed by atoms with Crippen LogP contribution in [0.4, 0.5) is 0 Å². The normalized spacial score (nSPS) is 24.4. The molecule has 1 aromatic carbocycles. The Morgan fingerprint density at radius 3 is 2.59 bits per heavy atom. The summed E-state index contributed by atoms with van der Waals surface area (Å²) >= 11 is 5.94. The summed E-state index contributed by atoms with van der Waals surface area (Å²) < 4.78 is 26.1. The molecule has 0 unspecified atom stereocenters. The molecule has 2 aromatic rings. The van der Waals surface area contributed by atoms with Crippen molar-refractivity contribution in [1.29, 1.82) is 5.26 Å². The van der Waals surface area contributed by atoms with Gasteiger partial charge in [-0.1, -0.05) is 23.7 Å². The molecule has 3 aliphatic rings. The number of amides is 2. The topological polar surface area (TPSA) is 120 Å². The Labute approximate surface area is 221 Å². The molecule has 2 amide bonds. The van der Waals surface area contributed by atoms with Crippen molar-refractivity contribution < 1.29 is 18.0 Å². The van der Waals surface area contributed by atoms with Gasteiger partial charge in [-0.25, -0.2) is 13.4 Å². The second-order valence-corrected chi connectivity index (χ2v) is 12.9. The summed E-state index contributed by atoms with van der Waals surface area (Å²) in [6.45, 7) is 0.428. The van der Waals surface area contributed by atoms with E-state index in [0.29, 0.717) is 36.9 Å². The maximum atomic E-state index is 13.6. The fourth-order valence-corrected chi connectivity index (χ4v) is 7.29. The lowest BCUT2D eigenvalue weighted by atomic mass is 9.86. The zero-order valence-corrected chi connectivity index (χ0v) is 21.9. The highest BCUT2D eigenvalue weighted by molar-refractivity contribution is 7.92. The number of carbonyl (C=O) groups is 2. The number of carbonyl (C=O) groups excluding carboxylic acids is 2. The van der Waals surface area contributed by atoms with Gasteiger partial charge < -0.3 is 10.2 Å². The molecule has 1 saturated heterocycles. The van der Waals surface area contributed by atoms with Crippen molar-refractivity contribution in [2.75, 3.05) is 6.54 Å². The second-order valence-electron chi connectivity index (χ2n) is 10.2. The van der Waals surface area contributed by atoms with Crippen molar-refractivity contribution >= 4 is 33.3 Å². The number of benzene rings is 1. The number of halogens is 1. The molecule has 1 N–H and O–H groups in total. The Balaban J connectivity index is 1.33. The molecule has 0 spiro atoms. The SMILES string of the molecule is N#CC1CC(S(=O)(=O)c2cccc(C(=O)N3CCCC[C@@H]3C(=O)N[C@@H](c3ccc(Cl)nc3)C3CC3)c2)C1. The molecule has 10 heteroatoms. The van der Waals surface area contributed by atoms with E-state index < -0.39 is 21.1 Å². The molecule has 5 rings (SSSR count). The van der Waals surface area contributed by atoms with Crippen LogP contribution in [0.3, 0.4) is 0 Å². The smallest absolute Gasteiger partial charge is 0.254 e. The van der Waals surface area contributed by atoms with Crippen molar-refractivity contribution in [3.05, 3.63) is 58.9 Å². The highest BCUT2D eigenvalue weighted by atomic mass is 35.5. The summed E-state index contributed by atoms with van der Waals surface area (Å²) in [6.07, 6.45) is 6.49. The van der Waals surface area contributed by atoms with Crippen LogP contribution in [0, 0.1) is 23.2 Å². The van der Waals surface area contributed by atoms with Crippen molar-refractivity contribution in [3.63, 3.8) is 0 Å². The molecule has 2 saturated carbocycles. The van der Waals surface area contributed by atoms with Crippen LogP contribution in [0.5, 0.6) is 0 Å². The monoisotopic (exact) mass is 540 g/mol. The number of nitrogens with one attached hydrogen (secondary N) is 1. The number of piperidine rings is 1. The minimum absolute atomic E-state index is 0.0850. The summed E-state index contributed by atoms with van der Waals surface area (Å²) in [7, 11) is -3.63. The van der Waals surface area contributed by atoms with Crippen LogP contribution in [-0.2, 0) is 14.6 Å². The van der Waals surface area contributed by atoms with Gasteiger partial charge >= 0.3 is 0 Å². The standard InChI is InChI=1S/C27H29ClN4O4S/c28-24-10-9-20(16-30-24)25(18-7-8-18)31-26(33)23-6-1-2-11-32(23)27(34)19-4-3-5-21(14-19)37(35,36)22-12-17(13-22)15-29/h3-5,9-10,14,16-18,22-23,25H,1-2,6-8,11-13H2,(H,31,33)/t17?,22?,23-,25-/m1/s1. The lowest BCUT2D eigenvalue weighted by molar-refractivity contribution is -0.127. The molecule has 0 bridgehead atoms. The Kier molecular flexibility index (Phi) is 7.24. The zero-order chi connectivity index (χ0) is 26.2. The van der Waals surface area contributed by atoms with Crippen LogP contribution in [-0.4, -0.2) is 48.0 Å². The van der Waals surface area contributed by atoms with Crippen LogP contribution in [0.25, 0.3) is 0 Å². The molecule has 1 aliphatic heterocycles. The quantitative estimate of drug-likeness (QED) is 0.528. The Hall–Kier alpha value is -2.96. The van der Waals surface area contributed by atoms with Crippen LogP contribution in [0.15, 0.2) is 47.5 Å². The van der Waals surface area contributed by atoms with E-state index in [9.17, 15) is 18.0 Å². The van der Waals surface area contributed by atoms with E-state index in [1.807, 2.05) is 6.07 Å². The summed E-state index contributed by atoms with van der Waals surface area (Å²) in [5.41, 5.74) is 1.14. The Morgan fingerprint density at radius 1 is 1.14 bits per heavy atom. The number of nitriles is 1. The Bertz CT molecular complexity index is 1330. The van der Waals surface area contributed by atoms with E-state index >= 15 is 0 Å². The first-order valence-electron chi connectivity index (χ1n) is 12.7. The zero-order valence-electron chi connectivity index (χ0n) is 20.3. The third-order valence-corrected chi connectivity index (χ3v) is 10.1. The number of nitrogens with zero attached hydrogens (tertiary/aromatic N) is 3. The number of likely N-dealkylation sites (tertiary alicyclic amines) is 1. The first kappa shape index (κ1) is 25.7. The minimum atomic E-state index is -3.63. The van der Waals surface area contributed by atoms with E-state index in [4.69, 9.17) is 16.9 Å². The maximum Gasteiger partial charge on any atom is 0.254 e. The fraction of sp³-hybridized carbons (Fsp3) is 0.481. The average Bonchev–Trinajstić information content (AvgIpc) is 3.72. The largest absolute Gasteiger partial charge is 0.347 e. The summed E-state index contributed by atoms with van der Waals surface area (Å²) in [5, 5.41) is 11.9. The van der Waals surface area contributed by atoms with Crippen molar-refractivity contribution in [2.45, 2.75) is 67.2 Å². The highest BCUT2D eigenvalue weighted by Gasteiger charge is 2.41. The summed E-state index contributed by atoms with van der Waals surface area (Å²) in [5.74, 6) is -0.466. The van der Waals surface area contributed by atoms with E-state index in [1.165, 1.54) is 12.1 Å². The summed E-state index contributed by atoms with van der Waals surface area (Å²) in [4.78, 5) is 32.9. The molecule has 37 heavy (non-hydrogen) atoms. The van der Waals surface area contributed by atoms with Gasteiger partial charge in [-0.2, -0.15) is 5.26 Å². The summed E-state index contributed by atoms with van der Waals surface area (Å²) in [6, 6.07) is 10.9. The third kappa shape index (κ3) is 5.36. The number of hydrogen-bond donors (Lipinski definition) is 1. The molecule has 194 valence electrons. The van der Waals surface area contributed by atoms with Crippen LogP contribution >= 0.6 is 11.6 Å². The number of aromatic nitrogens is 1. The molecule has 2 atom stereocenters. The lowest BCUT2D eigenvalue weighted by Gasteiger charge is -2.36. The number of sulfone groups is 1. The van der Waals surface area contributed by atoms with Gasteiger partial charge in [-0.3, -0.25) is 9.59 Å². The molecule has 2 aliphatic carbocycles. The number of hydrogen-bond acceptors (Lipinski definition) is 6. The number of rotatable bonds is 7. The van der Waals surface area contributed by atoms with E-state index in [0.717, 1.165) is 31.2 Å². The maximum absolute atomic E-state index is 13.6. The third-order valence-electron chi connectivity index (χ3n) is 7.69. The first-order valence-corrected chi connectivity index (χ1v) is 14.7. The van der Waals surface area contributed by atoms with Crippen molar-refractivity contribution in [2.24, 2.45) is 11.8 Å². The fourth-order valence-electron chi connectivity index (χ4n) is 5.26. The van der Waals surface area contributed by atoms with Gasteiger partial charge in [0.25, 0.3) is 5.91 Å². The first-order chi connectivity index (χ1) is 17.8. The van der Waals surface area contributed by atoms with Crippen molar-refractivity contribution in [1.82, 2.24) is 15.2 Å². The molecule has 1 aromatic heterocycles. The van der Waals surface area contributed by atoms with Crippen LogP contribution < -0.4 is 5.32 Å². The van der Waals surface area contributed by atoms with Gasteiger partial charge in [0, 0.05) is 24.2 Å². The van der Waals surface area contributed by atoms with Gasteiger partial charge in [0.1, 0.15) is 11.2 Å². The number of pyridine rings is 1. The van der Waals surface area contributed by atoms with Gasteiger partial charge in [0.15, 0.2) is 9.84 Å². The van der Waals surface area contributed by atoms with Gasteiger partial charge in [-0.05, 0) is 80.7 Å². The van der Waals surface area contributed by atoms with Crippen molar-refractivity contribution in [3.8, 4) is 6.07 Å². The predicted octanol–water partition coefficient (Wildman–Crippen LogP) is 4.07. The molecule has 2 heterocycles. The van der Waals surface area contributed by atoms with E-state index in [2.05, 4.69) is 16.4 Å². The molecule has 0 radical (unpaired) electrons. The Morgan fingerprint density at radius 2 is 1.92 bits per heavy atom. The molecular formula is C27H29ClN4O4S.